The number of halogens is 2. The first-order valence-electron chi connectivity index (χ1n) is 10.4. The highest BCUT2D eigenvalue weighted by molar-refractivity contribution is 14.0. The average molecular weight is 517 g/mol. The number of rotatable bonds is 5. The van der Waals surface area contributed by atoms with Gasteiger partial charge < -0.3 is 20.4 Å². The van der Waals surface area contributed by atoms with Crippen LogP contribution in [-0.4, -0.2) is 63.1 Å². The van der Waals surface area contributed by atoms with E-state index < -0.39 is 0 Å². The first kappa shape index (κ1) is 23.7. The molecule has 1 aromatic carbocycles. The molecule has 162 valence electrons. The maximum atomic E-state index is 14.0. The minimum absolute atomic E-state index is 0. The first-order chi connectivity index (χ1) is 13.7. The summed E-state index contributed by atoms with van der Waals surface area (Å²) in [5, 5.41) is 6.38. The van der Waals surface area contributed by atoms with Crippen LogP contribution in [0, 0.1) is 11.7 Å². The molecule has 2 fully saturated rings. The van der Waals surface area contributed by atoms with Gasteiger partial charge in [-0.25, -0.2) is 4.39 Å². The third-order valence-corrected chi connectivity index (χ3v) is 5.67. The van der Waals surface area contributed by atoms with Crippen molar-refractivity contribution in [2.45, 2.75) is 32.1 Å². The highest BCUT2D eigenvalue weighted by atomic mass is 127. The summed E-state index contributed by atoms with van der Waals surface area (Å²) in [6, 6.07) is 6.91. The van der Waals surface area contributed by atoms with Crippen molar-refractivity contribution in [1.82, 2.24) is 15.5 Å². The van der Waals surface area contributed by atoms with Crippen molar-refractivity contribution in [2.75, 3.05) is 51.2 Å². The SMILES string of the molecule is CN=C(NCCNC(=O)C1CCCCC1)N1CCN(c2ccccc2F)CC1.I. The van der Waals surface area contributed by atoms with Crippen LogP contribution in [0.4, 0.5) is 10.1 Å². The van der Waals surface area contributed by atoms with Crippen LogP contribution in [0.15, 0.2) is 29.3 Å². The molecule has 0 radical (unpaired) electrons. The van der Waals surface area contributed by atoms with Gasteiger partial charge in [-0.15, -0.1) is 24.0 Å². The summed E-state index contributed by atoms with van der Waals surface area (Å²) in [5.41, 5.74) is 0.663. The van der Waals surface area contributed by atoms with Crippen LogP contribution in [-0.2, 0) is 4.79 Å². The standard InChI is InChI=1S/C21H32FN5O.HI/c1-23-21(25-12-11-24-20(28)17-7-3-2-4-8-17)27-15-13-26(14-16-27)19-10-6-5-9-18(19)22;/h5-6,9-10,17H,2-4,7-8,11-16H2,1H3,(H,23,25)(H,24,28);1H. The number of aliphatic imine (C=N–C) groups is 1. The maximum absolute atomic E-state index is 14.0. The topological polar surface area (TPSA) is 60.0 Å². The molecule has 0 bridgehead atoms. The highest BCUT2D eigenvalue weighted by Crippen LogP contribution is 2.23. The van der Waals surface area contributed by atoms with Gasteiger partial charge >= 0.3 is 0 Å². The molecule has 2 N–H and O–H groups in total. The van der Waals surface area contributed by atoms with E-state index in [1.165, 1.54) is 25.3 Å². The summed E-state index contributed by atoms with van der Waals surface area (Å²) < 4.78 is 14.0. The molecular formula is C21H33FIN5O. The number of nitrogens with one attached hydrogen (secondary N) is 2. The number of guanidine groups is 1. The molecule has 1 saturated carbocycles. The summed E-state index contributed by atoms with van der Waals surface area (Å²) in [4.78, 5) is 20.8. The zero-order valence-corrected chi connectivity index (χ0v) is 19.5. The molecule has 1 saturated heterocycles. The molecule has 0 atom stereocenters. The summed E-state index contributed by atoms with van der Waals surface area (Å²) >= 11 is 0. The number of hydrogen-bond acceptors (Lipinski definition) is 3. The molecule has 2 aliphatic rings. The van der Waals surface area contributed by atoms with Gasteiger partial charge in [0.1, 0.15) is 5.82 Å². The van der Waals surface area contributed by atoms with E-state index in [0.29, 0.717) is 18.8 Å². The van der Waals surface area contributed by atoms with E-state index in [1.54, 1.807) is 13.1 Å². The van der Waals surface area contributed by atoms with Crippen molar-refractivity contribution in [3.05, 3.63) is 30.1 Å². The predicted octanol–water partition coefficient (Wildman–Crippen LogP) is 2.84. The Morgan fingerprint density at radius 2 is 1.72 bits per heavy atom. The lowest BCUT2D eigenvalue weighted by Crippen LogP contribution is -2.53. The number of carbonyl (C=O) groups is 1. The second kappa shape index (κ2) is 12.2. The Morgan fingerprint density at radius 1 is 1.07 bits per heavy atom. The zero-order valence-electron chi connectivity index (χ0n) is 17.2. The molecule has 1 aliphatic carbocycles. The maximum Gasteiger partial charge on any atom is 0.223 e. The van der Waals surface area contributed by atoms with E-state index in [1.807, 2.05) is 12.1 Å². The summed E-state index contributed by atoms with van der Waals surface area (Å²) in [6.45, 7) is 4.31. The Kier molecular flexibility index (Phi) is 9.96. The van der Waals surface area contributed by atoms with Crippen molar-refractivity contribution in [1.29, 1.82) is 0 Å². The minimum Gasteiger partial charge on any atom is -0.366 e. The van der Waals surface area contributed by atoms with Crippen LogP contribution in [0.2, 0.25) is 0 Å². The number of hydrogen-bond donors (Lipinski definition) is 2. The van der Waals surface area contributed by atoms with E-state index in [9.17, 15) is 9.18 Å². The molecule has 1 aliphatic heterocycles. The fourth-order valence-electron chi connectivity index (χ4n) is 4.07. The number of benzene rings is 1. The average Bonchev–Trinajstić information content (AvgIpc) is 2.75. The summed E-state index contributed by atoms with van der Waals surface area (Å²) in [6.07, 6.45) is 5.63. The van der Waals surface area contributed by atoms with E-state index in [4.69, 9.17) is 0 Å². The van der Waals surface area contributed by atoms with E-state index in [0.717, 1.165) is 45.0 Å². The molecule has 3 rings (SSSR count). The van der Waals surface area contributed by atoms with Gasteiger partial charge in [-0.3, -0.25) is 9.79 Å². The monoisotopic (exact) mass is 517 g/mol. The number of anilines is 1. The Bertz CT molecular complexity index is 673. The molecular weight excluding hydrogens is 484 g/mol. The van der Waals surface area contributed by atoms with Gasteiger partial charge in [0.25, 0.3) is 0 Å². The summed E-state index contributed by atoms with van der Waals surface area (Å²) in [5.74, 6) is 1.04. The molecule has 29 heavy (non-hydrogen) atoms. The van der Waals surface area contributed by atoms with E-state index in [2.05, 4.69) is 25.4 Å². The molecule has 1 aromatic rings. The lowest BCUT2D eigenvalue weighted by atomic mass is 9.89. The first-order valence-corrected chi connectivity index (χ1v) is 10.4. The summed E-state index contributed by atoms with van der Waals surface area (Å²) in [7, 11) is 1.77. The second-order valence-electron chi connectivity index (χ2n) is 7.53. The van der Waals surface area contributed by atoms with Gasteiger partial charge in [-0.05, 0) is 25.0 Å². The van der Waals surface area contributed by atoms with Crippen molar-refractivity contribution >= 4 is 41.5 Å². The highest BCUT2D eigenvalue weighted by Gasteiger charge is 2.22. The zero-order chi connectivity index (χ0) is 19.8. The molecule has 0 spiro atoms. The normalized spacial score (nSPS) is 18.2. The fraction of sp³-hybridized carbons (Fsp3) is 0.619. The van der Waals surface area contributed by atoms with Gasteiger partial charge in [0.2, 0.25) is 5.91 Å². The number of para-hydroxylation sites is 1. The van der Waals surface area contributed by atoms with E-state index in [-0.39, 0.29) is 41.6 Å². The Hall–Kier alpha value is -1.58. The number of amides is 1. The molecule has 6 nitrogen and oxygen atoms in total. The number of nitrogens with zero attached hydrogens (tertiary/aromatic N) is 3. The van der Waals surface area contributed by atoms with Gasteiger partial charge in [0.15, 0.2) is 5.96 Å². The van der Waals surface area contributed by atoms with Gasteiger partial charge in [0, 0.05) is 52.2 Å². The van der Waals surface area contributed by atoms with Crippen LogP contribution in [0.3, 0.4) is 0 Å². The number of carbonyl (C=O) groups excluding carboxylic acids is 1. The van der Waals surface area contributed by atoms with Gasteiger partial charge in [0.05, 0.1) is 5.69 Å². The minimum atomic E-state index is -0.174. The lowest BCUT2D eigenvalue weighted by molar-refractivity contribution is -0.125. The fourth-order valence-corrected chi connectivity index (χ4v) is 4.07. The smallest absolute Gasteiger partial charge is 0.223 e. The number of piperazine rings is 1. The van der Waals surface area contributed by atoms with Crippen molar-refractivity contribution < 1.29 is 9.18 Å². The second-order valence-corrected chi connectivity index (χ2v) is 7.53. The van der Waals surface area contributed by atoms with Crippen molar-refractivity contribution in [3.8, 4) is 0 Å². The Balaban J connectivity index is 0.00000300. The van der Waals surface area contributed by atoms with E-state index >= 15 is 0 Å². The van der Waals surface area contributed by atoms with Crippen molar-refractivity contribution in [3.63, 3.8) is 0 Å². The third kappa shape index (κ3) is 6.72. The molecule has 8 heteroatoms. The lowest BCUT2D eigenvalue weighted by Gasteiger charge is -2.37. The van der Waals surface area contributed by atoms with Crippen LogP contribution in [0.25, 0.3) is 0 Å². The molecule has 1 heterocycles. The predicted molar refractivity (Wildman–Crippen MR) is 127 cm³/mol. The third-order valence-electron chi connectivity index (χ3n) is 5.67. The Labute approximate surface area is 190 Å². The van der Waals surface area contributed by atoms with Crippen LogP contribution in [0.5, 0.6) is 0 Å². The van der Waals surface area contributed by atoms with Crippen LogP contribution in [0.1, 0.15) is 32.1 Å². The van der Waals surface area contributed by atoms with Crippen LogP contribution >= 0.6 is 24.0 Å². The molecule has 0 unspecified atom stereocenters. The quantitative estimate of drug-likeness (QED) is 0.273. The van der Waals surface area contributed by atoms with Gasteiger partial charge in [-0.2, -0.15) is 0 Å². The Morgan fingerprint density at radius 3 is 2.38 bits per heavy atom. The largest absolute Gasteiger partial charge is 0.366 e. The van der Waals surface area contributed by atoms with Crippen molar-refractivity contribution in [2.24, 2.45) is 10.9 Å². The van der Waals surface area contributed by atoms with Gasteiger partial charge in [-0.1, -0.05) is 31.4 Å². The molecule has 0 aromatic heterocycles. The van der Waals surface area contributed by atoms with Crippen LogP contribution < -0.4 is 15.5 Å². The molecule has 1 amide bonds.